The number of urea groups is 1. The lowest BCUT2D eigenvalue weighted by Crippen LogP contribution is -2.57. The zero-order valence-corrected chi connectivity index (χ0v) is 12.5. The number of aliphatic carboxylic acids is 1. The third kappa shape index (κ3) is 3.42. The summed E-state index contributed by atoms with van der Waals surface area (Å²) in [7, 11) is 2.10. The molecule has 0 bridgehead atoms. The predicted molar refractivity (Wildman–Crippen MR) is 75.5 cm³/mol. The number of likely N-dealkylation sites (tertiary alicyclic amines) is 1. The molecular weight excluding hydrogens is 258 g/mol. The molecule has 114 valence electrons. The number of amides is 2. The van der Waals surface area contributed by atoms with Crippen LogP contribution in [-0.4, -0.2) is 65.7 Å². The Balaban J connectivity index is 1.65. The van der Waals surface area contributed by atoms with E-state index in [4.69, 9.17) is 5.11 Å². The molecule has 0 radical (unpaired) electrons. The molecule has 0 aromatic heterocycles. The third-order valence-corrected chi connectivity index (χ3v) is 4.66. The Morgan fingerprint density at radius 3 is 2.45 bits per heavy atom. The topological polar surface area (TPSA) is 72.9 Å². The van der Waals surface area contributed by atoms with Crippen molar-refractivity contribution in [3.05, 3.63) is 0 Å². The van der Waals surface area contributed by atoms with Crippen LogP contribution >= 0.6 is 0 Å². The minimum absolute atomic E-state index is 0.0742. The molecule has 2 amide bonds. The second kappa shape index (κ2) is 5.99. The Morgan fingerprint density at radius 1 is 1.35 bits per heavy atom. The first-order valence-electron chi connectivity index (χ1n) is 7.37. The van der Waals surface area contributed by atoms with Gasteiger partial charge in [-0.1, -0.05) is 6.92 Å². The van der Waals surface area contributed by atoms with Gasteiger partial charge < -0.3 is 15.3 Å². The van der Waals surface area contributed by atoms with Crippen molar-refractivity contribution in [3.8, 4) is 0 Å². The van der Waals surface area contributed by atoms with Gasteiger partial charge in [0.1, 0.15) is 0 Å². The summed E-state index contributed by atoms with van der Waals surface area (Å²) in [6.07, 6.45) is 2.52. The first kappa shape index (κ1) is 15.1. The second-order valence-electron chi connectivity index (χ2n) is 6.22. The van der Waals surface area contributed by atoms with Gasteiger partial charge in [0.25, 0.3) is 0 Å². The fraction of sp³-hybridized carbons (Fsp3) is 0.857. The summed E-state index contributed by atoms with van der Waals surface area (Å²) in [6, 6.07) is 0.947. The molecule has 2 rings (SSSR count). The number of rotatable bonds is 6. The third-order valence-electron chi connectivity index (χ3n) is 4.66. The van der Waals surface area contributed by atoms with Crippen LogP contribution in [0.4, 0.5) is 4.79 Å². The molecule has 0 aromatic rings. The Hall–Kier alpha value is -1.30. The lowest BCUT2D eigenvalue weighted by Gasteiger charge is -2.41. The largest absolute Gasteiger partial charge is 0.481 e. The summed E-state index contributed by atoms with van der Waals surface area (Å²) in [5.74, 6) is -1.07. The fourth-order valence-corrected chi connectivity index (χ4v) is 2.53. The van der Waals surface area contributed by atoms with Gasteiger partial charge in [-0.05, 0) is 26.8 Å². The number of hydrogen-bond acceptors (Lipinski definition) is 3. The summed E-state index contributed by atoms with van der Waals surface area (Å²) in [5, 5.41) is 11.8. The van der Waals surface area contributed by atoms with Crippen LogP contribution in [0.3, 0.4) is 0 Å². The normalized spacial score (nSPS) is 22.3. The standard InChI is InChI=1S/C14H25N3O3/c1-9(16(3)12-4-5-12)6-15-14(20)17-7-11(8-17)10(2)13(18)19/h9-12H,4-8H2,1-3H3,(H,15,20)(H,18,19). The van der Waals surface area contributed by atoms with Crippen molar-refractivity contribution in [2.45, 2.75) is 38.8 Å². The van der Waals surface area contributed by atoms with Gasteiger partial charge in [0.2, 0.25) is 0 Å². The van der Waals surface area contributed by atoms with Crippen LogP contribution < -0.4 is 5.32 Å². The lowest BCUT2D eigenvalue weighted by molar-refractivity contribution is -0.144. The average molecular weight is 283 g/mol. The second-order valence-corrected chi connectivity index (χ2v) is 6.22. The maximum atomic E-state index is 11.9. The van der Waals surface area contributed by atoms with E-state index < -0.39 is 5.97 Å². The van der Waals surface area contributed by atoms with Gasteiger partial charge in [0.05, 0.1) is 5.92 Å². The highest BCUT2D eigenvalue weighted by Gasteiger charge is 2.37. The summed E-state index contributed by atoms with van der Waals surface area (Å²) < 4.78 is 0. The van der Waals surface area contributed by atoms with Crippen LogP contribution in [0.2, 0.25) is 0 Å². The monoisotopic (exact) mass is 283 g/mol. The van der Waals surface area contributed by atoms with E-state index >= 15 is 0 Å². The van der Waals surface area contributed by atoms with Crippen molar-refractivity contribution < 1.29 is 14.7 Å². The number of nitrogens with zero attached hydrogens (tertiary/aromatic N) is 2. The molecule has 2 fully saturated rings. The van der Waals surface area contributed by atoms with Gasteiger partial charge in [-0.15, -0.1) is 0 Å². The van der Waals surface area contributed by atoms with Crippen molar-refractivity contribution in [1.82, 2.24) is 15.1 Å². The van der Waals surface area contributed by atoms with Gasteiger partial charge >= 0.3 is 12.0 Å². The van der Waals surface area contributed by atoms with Gasteiger partial charge in [0.15, 0.2) is 0 Å². The van der Waals surface area contributed by atoms with Crippen molar-refractivity contribution in [2.24, 2.45) is 11.8 Å². The van der Waals surface area contributed by atoms with E-state index in [0.29, 0.717) is 31.7 Å². The zero-order valence-electron chi connectivity index (χ0n) is 12.5. The Morgan fingerprint density at radius 2 is 1.95 bits per heavy atom. The smallest absolute Gasteiger partial charge is 0.317 e. The van der Waals surface area contributed by atoms with Crippen molar-refractivity contribution in [3.63, 3.8) is 0 Å². The van der Waals surface area contributed by atoms with Crippen LogP contribution in [0.15, 0.2) is 0 Å². The van der Waals surface area contributed by atoms with E-state index in [9.17, 15) is 9.59 Å². The Bertz CT molecular complexity index is 378. The Kier molecular flexibility index (Phi) is 4.52. The van der Waals surface area contributed by atoms with Gasteiger partial charge in [-0.25, -0.2) is 4.79 Å². The average Bonchev–Trinajstić information content (AvgIpc) is 3.16. The van der Waals surface area contributed by atoms with Gasteiger partial charge in [0, 0.05) is 37.6 Å². The summed E-state index contributed by atoms with van der Waals surface area (Å²) in [5.41, 5.74) is 0. The molecule has 2 aliphatic rings. The molecule has 1 aliphatic heterocycles. The van der Waals surface area contributed by atoms with E-state index in [1.807, 2.05) is 0 Å². The van der Waals surface area contributed by atoms with Crippen LogP contribution in [0.1, 0.15) is 26.7 Å². The number of carboxylic acid groups (broad SMARTS) is 1. The minimum atomic E-state index is -0.783. The molecule has 0 spiro atoms. The van der Waals surface area contributed by atoms with E-state index in [1.54, 1.807) is 11.8 Å². The summed E-state index contributed by atoms with van der Waals surface area (Å²) in [4.78, 5) is 26.8. The highest BCUT2D eigenvalue weighted by molar-refractivity contribution is 5.76. The summed E-state index contributed by atoms with van der Waals surface area (Å²) in [6.45, 7) is 5.55. The summed E-state index contributed by atoms with van der Waals surface area (Å²) >= 11 is 0. The molecule has 1 saturated carbocycles. The van der Waals surface area contributed by atoms with Crippen LogP contribution in [0.5, 0.6) is 0 Å². The highest BCUT2D eigenvalue weighted by Crippen LogP contribution is 2.27. The predicted octanol–water partition coefficient (Wildman–Crippen LogP) is 0.831. The highest BCUT2D eigenvalue weighted by atomic mass is 16.4. The van der Waals surface area contributed by atoms with E-state index in [1.165, 1.54) is 12.8 Å². The maximum Gasteiger partial charge on any atom is 0.317 e. The molecular formula is C14H25N3O3. The van der Waals surface area contributed by atoms with Crippen LogP contribution in [-0.2, 0) is 4.79 Å². The van der Waals surface area contributed by atoms with Crippen LogP contribution in [0, 0.1) is 11.8 Å². The molecule has 6 nitrogen and oxygen atoms in total. The van der Waals surface area contributed by atoms with Crippen molar-refractivity contribution >= 4 is 12.0 Å². The molecule has 2 N–H and O–H groups in total. The quantitative estimate of drug-likeness (QED) is 0.757. The number of likely N-dealkylation sites (N-methyl/N-ethyl adjacent to an activating group) is 1. The number of carboxylic acids is 1. The molecule has 6 heteroatoms. The molecule has 1 aliphatic carbocycles. The fourth-order valence-electron chi connectivity index (χ4n) is 2.53. The van der Waals surface area contributed by atoms with Gasteiger partial charge in [-0.3, -0.25) is 9.69 Å². The van der Waals surface area contributed by atoms with E-state index in [-0.39, 0.29) is 17.9 Å². The van der Waals surface area contributed by atoms with E-state index in [0.717, 1.165) is 0 Å². The SMILES string of the molecule is CC(C(=O)O)C1CN(C(=O)NCC(C)N(C)C2CC2)C1. The molecule has 20 heavy (non-hydrogen) atoms. The number of nitrogens with one attached hydrogen (secondary N) is 1. The number of carbonyl (C=O) groups excluding carboxylic acids is 1. The molecule has 2 unspecified atom stereocenters. The van der Waals surface area contributed by atoms with Gasteiger partial charge in [-0.2, -0.15) is 0 Å². The molecule has 1 heterocycles. The lowest BCUT2D eigenvalue weighted by atomic mass is 9.87. The molecule has 1 saturated heterocycles. The van der Waals surface area contributed by atoms with E-state index in [2.05, 4.69) is 24.2 Å². The number of carbonyl (C=O) groups is 2. The minimum Gasteiger partial charge on any atom is -0.481 e. The maximum absolute atomic E-state index is 11.9. The first-order chi connectivity index (χ1) is 9.40. The Labute approximate surface area is 120 Å². The molecule has 2 atom stereocenters. The molecule has 0 aromatic carbocycles. The van der Waals surface area contributed by atoms with Crippen molar-refractivity contribution in [1.29, 1.82) is 0 Å². The first-order valence-corrected chi connectivity index (χ1v) is 7.37. The number of hydrogen-bond donors (Lipinski definition) is 2. The van der Waals surface area contributed by atoms with Crippen LogP contribution in [0.25, 0.3) is 0 Å². The zero-order chi connectivity index (χ0) is 14.9. The van der Waals surface area contributed by atoms with Crippen molar-refractivity contribution in [2.75, 3.05) is 26.7 Å².